The fourth-order valence-electron chi connectivity index (χ4n) is 3.05. The van der Waals surface area contributed by atoms with Crippen LogP contribution in [-0.2, 0) is 32.1 Å². The molecule has 0 radical (unpaired) electrons. The molecule has 0 aliphatic carbocycles. The standard InChI is InChI=1S/C24H30N2O4/c1-17(2)22(25-21(27)15-19-11-7-5-8-12-19)24(29)30-18(3)23(28)26(4)16-20-13-9-6-10-14-20/h5-14,17-18,22H,15-16H2,1-4H3,(H,25,27). The molecule has 0 fully saturated rings. The summed E-state index contributed by atoms with van der Waals surface area (Å²) in [6.07, 6.45) is -0.774. The van der Waals surface area contributed by atoms with Crippen molar-refractivity contribution in [2.24, 2.45) is 5.92 Å². The van der Waals surface area contributed by atoms with Gasteiger partial charge in [-0.1, -0.05) is 74.5 Å². The van der Waals surface area contributed by atoms with Crippen LogP contribution in [-0.4, -0.2) is 41.9 Å². The number of rotatable bonds is 9. The van der Waals surface area contributed by atoms with Crippen LogP contribution in [0.5, 0.6) is 0 Å². The molecule has 0 aromatic heterocycles. The van der Waals surface area contributed by atoms with Gasteiger partial charge in [0, 0.05) is 13.6 Å². The highest BCUT2D eigenvalue weighted by Gasteiger charge is 2.30. The Labute approximate surface area is 178 Å². The van der Waals surface area contributed by atoms with Crippen LogP contribution in [0.4, 0.5) is 0 Å². The summed E-state index contributed by atoms with van der Waals surface area (Å²) in [5.74, 6) is -1.36. The molecule has 2 atom stereocenters. The Balaban J connectivity index is 1.92. The van der Waals surface area contributed by atoms with Crippen LogP contribution in [0.15, 0.2) is 60.7 Å². The van der Waals surface area contributed by atoms with Gasteiger partial charge in [-0.15, -0.1) is 0 Å². The van der Waals surface area contributed by atoms with E-state index >= 15 is 0 Å². The lowest BCUT2D eigenvalue weighted by Gasteiger charge is -2.25. The van der Waals surface area contributed by atoms with Gasteiger partial charge in [0.25, 0.3) is 5.91 Å². The third kappa shape index (κ3) is 7.03. The van der Waals surface area contributed by atoms with Gasteiger partial charge in [-0.25, -0.2) is 4.79 Å². The lowest BCUT2D eigenvalue weighted by molar-refractivity contribution is -0.162. The zero-order valence-electron chi connectivity index (χ0n) is 18.0. The molecule has 2 amide bonds. The van der Waals surface area contributed by atoms with Gasteiger partial charge in [-0.2, -0.15) is 0 Å². The van der Waals surface area contributed by atoms with Crippen molar-refractivity contribution < 1.29 is 19.1 Å². The maximum atomic E-state index is 12.7. The molecule has 6 nitrogen and oxygen atoms in total. The normalized spacial score (nSPS) is 12.7. The molecule has 0 saturated heterocycles. The zero-order valence-corrected chi connectivity index (χ0v) is 18.0. The van der Waals surface area contributed by atoms with Crippen molar-refractivity contribution >= 4 is 17.8 Å². The summed E-state index contributed by atoms with van der Waals surface area (Å²) in [5, 5.41) is 2.74. The van der Waals surface area contributed by atoms with Crippen molar-refractivity contribution in [3.05, 3.63) is 71.8 Å². The SMILES string of the molecule is CC(OC(=O)C(NC(=O)Cc1ccccc1)C(C)C)C(=O)N(C)Cc1ccccc1. The molecule has 2 aromatic rings. The second kappa shape index (κ2) is 11.1. The summed E-state index contributed by atoms with van der Waals surface area (Å²) in [7, 11) is 1.67. The molecule has 2 rings (SSSR count). The fourth-order valence-corrected chi connectivity index (χ4v) is 3.05. The largest absolute Gasteiger partial charge is 0.451 e. The molecule has 0 heterocycles. The highest BCUT2D eigenvalue weighted by Crippen LogP contribution is 2.10. The summed E-state index contributed by atoms with van der Waals surface area (Å²) in [5.41, 5.74) is 1.84. The summed E-state index contributed by atoms with van der Waals surface area (Å²) < 4.78 is 5.40. The van der Waals surface area contributed by atoms with Gasteiger partial charge in [0.05, 0.1) is 6.42 Å². The van der Waals surface area contributed by atoms with E-state index in [1.807, 2.05) is 74.5 Å². The van der Waals surface area contributed by atoms with Crippen molar-refractivity contribution in [1.82, 2.24) is 10.2 Å². The van der Waals surface area contributed by atoms with E-state index in [1.165, 1.54) is 4.90 Å². The number of nitrogens with zero attached hydrogens (tertiary/aromatic N) is 1. The average molecular weight is 411 g/mol. The Morgan fingerprint density at radius 2 is 1.43 bits per heavy atom. The van der Waals surface area contributed by atoms with Crippen molar-refractivity contribution in [2.75, 3.05) is 7.05 Å². The minimum absolute atomic E-state index is 0.172. The number of hydrogen-bond acceptors (Lipinski definition) is 4. The molecule has 0 saturated carbocycles. The van der Waals surface area contributed by atoms with Crippen LogP contribution in [0.1, 0.15) is 31.9 Å². The first-order valence-electron chi connectivity index (χ1n) is 10.1. The number of esters is 1. The molecule has 2 unspecified atom stereocenters. The van der Waals surface area contributed by atoms with Crippen LogP contribution >= 0.6 is 0 Å². The molecule has 160 valence electrons. The minimum atomic E-state index is -0.946. The van der Waals surface area contributed by atoms with E-state index in [0.717, 1.165) is 11.1 Å². The molecule has 0 bridgehead atoms. The molecule has 2 aromatic carbocycles. The predicted molar refractivity (Wildman–Crippen MR) is 115 cm³/mol. The minimum Gasteiger partial charge on any atom is -0.451 e. The first-order valence-corrected chi connectivity index (χ1v) is 10.1. The summed E-state index contributed by atoms with van der Waals surface area (Å²) in [6.45, 7) is 5.61. The van der Waals surface area contributed by atoms with Crippen molar-refractivity contribution in [3.8, 4) is 0 Å². The molecular weight excluding hydrogens is 380 g/mol. The summed E-state index contributed by atoms with van der Waals surface area (Å²) in [6, 6.07) is 18.1. The first-order chi connectivity index (χ1) is 14.3. The van der Waals surface area contributed by atoms with E-state index < -0.39 is 18.1 Å². The maximum absolute atomic E-state index is 12.7. The van der Waals surface area contributed by atoms with Crippen molar-refractivity contribution in [2.45, 2.75) is 45.9 Å². The monoisotopic (exact) mass is 410 g/mol. The quantitative estimate of drug-likeness (QED) is 0.645. The molecule has 0 aliphatic rings. The van der Waals surface area contributed by atoms with E-state index in [4.69, 9.17) is 4.74 Å². The fraction of sp³-hybridized carbons (Fsp3) is 0.375. The number of ether oxygens (including phenoxy) is 1. The van der Waals surface area contributed by atoms with E-state index in [1.54, 1.807) is 14.0 Å². The number of carbonyl (C=O) groups excluding carboxylic acids is 3. The van der Waals surface area contributed by atoms with Crippen LogP contribution in [0, 0.1) is 5.92 Å². The molecule has 0 spiro atoms. The summed E-state index contributed by atoms with van der Waals surface area (Å²) >= 11 is 0. The summed E-state index contributed by atoms with van der Waals surface area (Å²) in [4.78, 5) is 39.1. The second-order valence-electron chi connectivity index (χ2n) is 7.71. The highest BCUT2D eigenvalue weighted by atomic mass is 16.5. The molecule has 6 heteroatoms. The van der Waals surface area contributed by atoms with Crippen LogP contribution in [0.2, 0.25) is 0 Å². The maximum Gasteiger partial charge on any atom is 0.329 e. The van der Waals surface area contributed by atoms with Crippen LogP contribution in [0.25, 0.3) is 0 Å². The van der Waals surface area contributed by atoms with Gasteiger partial charge in [-0.05, 0) is 24.0 Å². The van der Waals surface area contributed by atoms with Crippen molar-refractivity contribution in [3.63, 3.8) is 0 Å². The van der Waals surface area contributed by atoms with Gasteiger partial charge in [0.15, 0.2) is 6.10 Å². The number of amides is 2. The zero-order chi connectivity index (χ0) is 22.1. The first kappa shape index (κ1) is 23.1. The van der Waals surface area contributed by atoms with Gasteiger partial charge in [0.1, 0.15) is 6.04 Å². The highest BCUT2D eigenvalue weighted by molar-refractivity contribution is 5.88. The number of benzene rings is 2. The number of likely N-dealkylation sites (N-methyl/N-ethyl adjacent to an activating group) is 1. The Hall–Kier alpha value is -3.15. The Morgan fingerprint density at radius 1 is 0.900 bits per heavy atom. The van der Waals surface area contributed by atoms with Crippen LogP contribution in [0.3, 0.4) is 0 Å². The van der Waals surface area contributed by atoms with Gasteiger partial charge in [0.2, 0.25) is 5.91 Å². The van der Waals surface area contributed by atoms with E-state index in [-0.39, 0.29) is 24.2 Å². The van der Waals surface area contributed by atoms with Crippen LogP contribution < -0.4 is 5.32 Å². The smallest absolute Gasteiger partial charge is 0.329 e. The lowest BCUT2D eigenvalue weighted by Crippen LogP contribution is -2.48. The Kier molecular flexibility index (Phi) is 8.59. The number of hydrogen-bond donors (Lipinski definition) is 1. The van der Waals surface area contributed by atoms with E-state index in [0.29, 0.717) is 6.54 Å². The topological polar surface area (TPSA) is 75.7 Å². The predicted octanol–water partition coefficient (Wildman–Crippen LogP) is 2.96. The Bertz CT molecular complexity index is 837. The average Bonchev–Trinajstić information content (AvgIpc) is 2.72. The van der Waals surface area contributed by atoms with Gasteiger partial charge >= 0.3 is 5.97 Å². The second-order valence-corrected chi connectivity index (χ2v) is 7.71. The number of carbonyl (C=O) groups is 3. The molecule has 30 heavy (non-hydrogen) atoms. The van der Waals surface area contributed by atoms with Gasteiger partial charge < -0.3 is 15.0 Å². The Morgan fingerprint density at radius 3 is 1.97 bits per heavy atom. The van der Waals surface area contributed by atoms with E-state index in [2.05, 4.69) is 5.32 Å². The number of nitrogens with one attached hydrogen (secondary N) is 1. The molecule has 1 N–H and O–H groups in total. The molecule has 0 aliphatic heterocycles. The molecular formula is C24H30N2O4. The van der Waals surface area contributed by atoms with E-state index in [9.17, 15) is 14.4 Å². The third-order valence-corrected chi connectivity index (χ3v) is 4.72. The van der Waals surface area contributed by atoms with Gasteiger partial charge in [-0.3, -0.25) is 9.59 Å². The van der Waals surface area contributed by atoms with Crippen molar-refractivity contribution in [1.29, 1.82) is 0 Å². The third-order valence-electron chi connectivity index (χ3n) is 4.72. The lowest BCUT2D eigenvalue weighted by atomic mass is 10.0.